The standard InChI is InChI=1S/C21H29N5O4S/c1-2-3-12-24-31(29,30)25-13-11-15-5-4-6-17(14-15)19(21(27)28)26-18-9-7-16(8-10-18)20(22)23/h4-10,14,19,24-26H,2-3,11-13H2,1H3,(H3,22,23)(H,27,28). The van der Waals surface area contributed by atoms with E-state index in [1.807, 2.05) is 13.0 Å². The molecule has 1 atom stereocenters. The van der Waals surface area contributed by atoms with Crippen molar-refractivity contribution in [2.75, 3.05) is 18.4 Å². The minimum atomic E-state index is -3.54. The fourth-order valence-electron chi connectivity index (χ4n) is 2.89. The van der Waals surface area contributed by atoms with Gasteiger partial charge in [-0.15, -0.1) is 0 Å². The maximum absolute atomic E-state index is 11.9. The van der Waals surface area contributed by atoms with Crippen LogP contribution in [0.5, 0.6) is 0 Å². The van der Waals surface area contributed by atoms with E-state index in [-0.39, 0.29) is 12.4 Å². The second kappa shape index (κ2) is 11.4. The van der Waals surface area contributed by atoms with E-state index < -0.39 is 22.2 Å². The number of carboxylic acid groups (broad SMARTS) is 1. The van der Waals surface area contributed by atoms with Crippen LogP contribution in [0.4, 0.5) is 5.69 Å². The Labute approximate surface area is 182 Å². The van der Waals surface area contributed by atoms with Gasteiger partial charge >= 0.3 is 5.97 Å². The molecule has 0 spiro atoms. The summed E-state index contributed by atoms with van der Waals surface area (Å²) < 4.78 is 28.8. The molecule has 2 rings (SSSR count). The van der Waals surface area contributed by atoms with E-state index in [1.54, 1.807) is 42.5 Å². The molecule has 0 aliphatic carbocycles. The molecule has 1 unspecified atom stereocenters. The van der Waals surface area contributed by atoms with Crippen LogP contribution in [0.25, 0.3) is 0 Å². The van der Waals surface area contributed by atoms with Gasteiger partial charge in [0.15, 0.2) is 6.04 Å². The normalized spacial score (nSPS) is 12.3. The maximum atomic E-state index is 11.9. The van der Waals surface area contributed by atoms with E-state index in [9.17, 15) is 18.3 Å². The molecule has 9 nitrogen and oxygen atoms in total. The zero-order valence-corrected chi connectivity index (χ0v) is 18.2. The number of amidine groups is 1. The van der Waals surface area contributed by atoms with E-state index in [1.165, 1.54) is 0 Å². The number of unbranched alkanes of at least 4 members (excludes halogenated alkanes) is 1. The van der Waals surface area contributed by atoms with Gasteiger partial charge in [0, 0.05) is 24.3 Å². The highest BCUT2D eigenvalue weighted by Gasteiger charge is 2.20. The molecular weight excluding hydrogens is 418 g/mol. The number of nitrogens with one attached hydrogen (secondary N) is 4. The SMILES string of the molecule is CCCCNS(=O)(=O)NCCc1cccc(C(Nc2ccc(C(=N)N)cc2)C(=O)O)c1. The summed E-state index contributed by atoms with van der Waals surface area (Å²) in [7, 11) is -3.54. The van der Waals surface area contributed by atoms with Gasteiger partial charge in [-0.05, 0) is 48.2 Å². The van der Waals surface area contributed by atoms with Gasteiger partial charge in [0.05, 0.1) is 0 Å². The molecule has 0 fully saturated rings. The summed E-state index contributed by atoms with van der Waals surface area (Å²) in [4.78, 5) is 11.8. The number of hydrogen-bond acceptors (Lipinski definition) is 5. The van der Waals surface area contributed by atoms with Gasteiger partial charge in [-0.1, -0.05) is 37.6 Å². The van der Waals surface area contributed by atoms with Crippen molar-refractivity contribution in [2.24, 2.45) is 5.73 Å². The van der Waals surface area contributed by atoms with Gasteiger partial charge in [-0.2, -0.15) is 8.42 Å². The van der Waals surface area contributed by atoms with Crippen molar-refractivity contribution in [3.63, 3.8) is 0 Å². The molecule has 0 aliphatic heterocycles. The summed E-state index contributed by atoms with van der Waals surface area (Å²) >= 11 is 0. The van der Waals surface area contributed by atoms with Crippen LogP contribution >= 0.6 is 0 Å². The summed E-state index contributed by atoms with van der Waals surface area (Å²) in [5.41, 5.74) is 7.92. The third kappa shape index (κ3) is 8.00. The Bertz CT molecular complexity index is 993. The minimum absolute atomic E-state index is 0.0646. The topological polar surface area (TPSA) is 157 Å². The first-order valence-electron chi connectivity index (χ1n) is 9.98. The largest absolute Gasteiger partial charge is 0.479 e. The molecule has 0 radical (unpaired) electrons. The maximum Gasteiger partial charge on any atom is 0.330 e. The van der Waals surface area contributed by atoms with Crippen LogP contribution in [-0.4, -0.2) is 38.4 Å². The first kappa shape index (κ1) is 24.3. The van der Waals surface area contributed by atoms with E-state index in [2.05, 4.69) is 14.8 Å². The van der Waals surface area contributed by atoms with Gasteiger partial charge in [0.2, 0.25) is 0 Å². The number of nitrogens with two attached hydrogens (primary N) is 1. The van der Waals surface area contributed by atoms with Crippen LogP contribution in [0.3, 0.4) is 0 Å². The quantitative estimate of drug-likeness (QED) is 0.157. The van der Waals surface area contributed by atoms with Crippen molar-refractivity contribution in [1.82, 2.24) is 9.44 Å². The van der Waals surface area contributed by atoms with Crippen LogP contribution in [-0.2, 0) is 21.4 Å². The van der Waals surface area contributed by atoms with E-state index >= 15 is 0 Å². The molecule has 0 aromatic heterocycles. The van der Waals surface area contributed by atoms with Gasteiger partial charge < -0.3 is 16.2 Å². The van der Waals surface area contributed by atoms with Gasteiger partial charge in [0.25, 0.3) is 10.2 Å². The Morgan fingerprint density at radius 2 is 1.81 bits per heavy atom. The Hall–Kier alpha value is -2.95. The molecule has 2 aromatic rings. The lowest BCUT2D eigenvalue weighted by molar-refractivity contribution is -0.138. The number of nitrogen functional groups attached to an aromatic ring is 1. The van der Waals surface area contributed by atoms with Crippen LogP contribution < -0.4 is 20.5 Å². The number of benzene rings is 2. The molecule has 0 amide bonds. The molecule has 7 N–H and O–H groups in total. The number of carbonyl (C=O) groups is 1. The molecule has 0 aliphatic rings. The predicted octanol–water partition coefficient (Wildman–Crippen LogP) is 1.98. The lowest BCUT2D eigenvalue weighted by Crippen LogP contribution is -2.38. The van der Waals surface area contributed by atoms with Crippen LogP contribution in [0.1, 0.15) is 42.5 Å². The molecule has 10 heteroatoms. The van der Waals surface area contributed by atoms with E-state index in [0.29, 0.717) is 29.8 Å². The first-order chi connectivity index (χ1) is 14.7. The molecule has 168 valence electrons. The second-order valence-corrected chi connectivity index (χ2v) is 8.63. The summed E-state index contributed by atoms with van der Waals surface area (Å²) in [5.74, 6) is -1.11. The van der Waals surface area contributed by atoms with Crippen molar-refractivity contribution in [2.45, 2.75) is 32.2 Å². The number of rotatable bonds is 13. The summed E-state index contributed by atoms with van der Waals surface area (Å²) in [6.45, 7) is 2.57. The zero-order valence-electron chi connectivity index (χ0n) is 17.4. The zero-order chi connectivity index (χ0) is 22.9. The number of hydrogen-bond donors (Lipinski definition) is 6. The summed E-state index contributed by atoms with van der Waals surface area (Å²) in [5, 5.41) is 20.1. The predicted molar refractivity (Wildman–Crippen MR) is 121 cm³/mol. The lowest BCUT2D eigenvalue weighted by atomic mass is 10.0. The fraction of sp³-hybridized carbons (Fsp3) is 0.333. The van der Waals surface area contributed by atoms with E-state index in [0.717, 1.165) is 18.4 Å². The molecule has 2 aromatic carbocycles. The van der Waals surface area contributed by atoms with Crippen molar-refractivity contribution in [3.05, 3.63) is 65.2 Å². The molecule has 0 heterocycles. The van der Waals surface area contributed by atoms with Crippen molar-refractivity contribution >= 4 is 27.7 Å². The fourth-order valence-corrected chi connectivity index (χ4v) is 3.78. The van der Waals surface area contributed by atoms with Crippen LogP contribution in [0.15, 0.2) is 48.5 Å². The van der Waals surface area contributed by atoms with Gasteiger partial charge in [0.1, 0.15) is 5.84 Å². The smallest absolute Gasteiger partial charge is 0.330 e. The lowest BCUT2D eigenvalue weighted by Gasteiger charge is -2.17. The molecule has 0 bridgehead atoms. The minimum Gasteiger partial charge on any atom is -0.479 e. The highest BCUT2D eigenvalue weighted by molar-refractivity contribution is 7.87. The molecule has 0 saturated heterocycles. The van der Waals surface area contributed by atoms with Gasteiger partial charge in [-0.25, -0.2) is 14.2 Å². The highest BCUT2D eigenvalue weighted by atomic mass is 32.2. The third-order valence-electron chi connectivity index (χ3n) is 4.57. The van der Waals surface area contributed by atoms with Crippen molar-refractivity contribution in [1.29, 1.82) is 5.41 Å². The average molecular weight is 448 g/mol. The summed E-state index contributed by atoms with van der Waals surface area (Å²) in [6.07, 6.45) is 2.08. The first-order valence-corrected chi connectivity index (χ1v) is 11.5. The molecular formula is C21H29N5O4S. The van der Waals surface area contributed by atoms with Crippen LogP contribution in [0.2, 0.25) is 0 Å². The van der Waals surface area contributed by atoms with Crippen LogP contribution in [0, 0.1) is 5.41 Å². The molecule has 0 saturated carbocycles. The average Bonchev–Trinajstić information content (AvgIpc) is 2.72. The third-order valence-corrected chi connectivity index (χ3v) is 5.73. The Morgan fingerprint density at radius 3 is 2.42 bits per heavy atom. The number of aliphatic carboxylic acids is 1. The van der Waals surface area contributed by atoms with Gasteiger partial charge in [-0.3, -0.25) is 5.41 Å². The van der Waals surface area contributed by atoms with E-state index in [4.69, 9.17) is 11.1 Å². The Morgan fingerprint density at radius 1 is 1.13 bits per heavy atom. The second-order valence-electron chi connectivity index (χ2n) is 7.05. The monoisotopic (exact) mass is 447 g/mol. The summed E-state index contributed by atoms with van der Waals surface area (Å²) in [6, 6.07) is 12.6. The Kier molecular flexibility index (Phi) is 8.98. The van der Waals surface area contributed by atoms with Crippen molar-refractivity contribution in [3.8, 4) is 0 Å². The molecule has 31 heavy (non-hydrogen) atoms. The Balaban J connectivity index is 2.03. The highest BCUT2D eigenvalue weighted by Crippen LogP contribution is 2.21. The number of anilines is 1. The number of carboxylic acids is 1. The van der Waals surface area contributed by atoms with Crippen molar-refractivity contribution < 1.29 is 18.3 Å².